The molecule has 1 amide bonds. The molecule has 0 aromatic heterocycles. The highest BCUT2D eigenvalue weighted by Crippen LogP contribution is 2.10. The van der Waals surface area contributed by atoms with Gasteiger partial charge < -0.3 is 11.1 Å². The van der Waals surface area contributed by atoms with Crippen molar-refractivity contribution in [3.8, 4) is 0 Å². The summed E-state index contributed by atoms with van der Waals surface area (Å²) in [6.07, 6.45) is 4.47. The maximum atomic E-state index is 12.3. The first-order valence-electron chi connectivity index (χ1n) is 8.35. The summed E-state index contributed by atoms with van der Waals surface area (Å²) in [7, 11) is 0. The number of benzene rings is 2. The summed E-state index contributed by atoms with van der Waals surface area (Å²) in [5.74, 6) is 0.0845. The normalized spacial score (nSPS) is 11.9. The minimum atomic E-state index is 0.0845. The predicted octanol–water partition coefficient (Wildman–Crippen LogP) is 3.73. The highest BCUT2D eigenvalue weighted by Gasteiger charge is 2.12. The van der Waals surface area contributed by atoms with Crippen molar-refractivity contribution in [2.75, 3.05) is 5.73 Å². The third-order valence-electron chi connectivity index (χ3n) is 3.97. The minimum Gasteiger partial charge on any atom is -0.399 e. The summed E-state index contributed by atoms with van der Waals surface area (Å²) in [4.78, 5) is 12.3. The monoisotopic (exact) mass is 310 g/mol. The summed E-state index contributed by atoms with van der Waals surface area (Å²) >= 11 is 0. The SMILES string of the molecule is CCCC(CCc1ccccc1)NC(=O)Cc1ccc(N)cc1. The Labute approximate surface area is 138 Å². The Morgan fingerprint density at radius 2 is 1.70 bits per heavy atom. The largest absolute Gasteiger partial charge is 0.399 e. The van der Waals surface area contributed by atoms with Gasteiger partial charge in [0.1, 0.15) is 0 Å². The maximum Gasteiger partial charge on any atom is 0.224 e. The van der Waals surface area contributed by atoms with Gasteiger partial charge in [0.25, 0.3) is 0 Å². The highest BCUT2D eigenvalue weighted by atomic mass is 16.1. The number of nitrogens with one attached hydrogen (secondary N) is 1. The zero-order valence-corrected chi connectivity index (χ0v) is 13.8. The van der Waals surface area contributed by atoms with Crippen molar-refractivity contribution < 1.29 is 4.79 Å². The van der Waals surface area contributed by atoms with Gasteiger partial charge in [-0.25, -0.2) is 0 Å². The van der Waals surface area contributed by atoms with Gasteiger partial charge in [-0.2, -0.15) is 0 Å². The van der Waals surface area contributed by atoms with E-state index in [9.17, 15) is 4.79 Å². The fourth-order valence-corrected chi connectivity index (χ4v) is 2.72. The molecule has 0 heterocycles. The van der Waals surface area contributed by atoms with Crippen molar-refractivity contribution in [2.24, 2.45) is 0 Å². The molecule has 2 aromatic carbocycles. The Balaban J connectivity index is 1.85. The summed E-state index contributed by atoms with van der Waals surface area (Å²) in [6, 6.07) is 18.2. The Hall–Kier alpha value is -2.29. The van der Waals surface area contributed by atoms with Gasteiger partial charge >= 0.3 is 0 Å². The molecular formula is C20H26N2O. The third kappa shape index (κ3) is 6.15. The molecule has 2 aromatic rings. The molecule has 3 N–H and O–H groups in total. The van der Waals surface area contributed by atoms with Crippen molar-refractivity contribution in [3.05, 3.63) is 65.7 Å². The van der Waals surface area contributed by atoms with Crippen molar-refractivity contribution in [1.82, 2.24) is 5.32 Å². The van der Waals surface area contributed by atoms with Gasteiger partial charge in [-0.05, 0) is 42.5 Å². The number of anilines is 1. The van der Waals surface area contributed by atoms with Crippen LogP contribution >= 0.6 is 0 Å². The second-order valence-corrected chi connectivity index (χ2v) is 6.00. The maximum absolute atomic E-state index is 12.3. The van der Waals surface area contributed by atoms with Gasteiger partial charge in [0.15, 0.2) is 0 Å². The molecule has 122 valence electrons. The van der Waals surface area contributed by atoms with Crippen LogP contribution in [0.15, 0.2) is 54.6 Å². The van der Waals surface area contributed by atoms with Crippen molar-refractivity contribution >= 4 is 11.6 Å². The van der Waals surface area contributed by atoms with E-state index in [2.05, 4.69) is 36.5 Å². The van der Waals surface area contributed by atoms with Gasteiger partial charge in [-0.1, -0.05) is 55.8 Å². The molecule has 0 bridgehead atoms. The first kappa shape index (κ1) is 17.1. The number of nitrogens with two attached hydrogens (primary N) is 1. The van der Waals surface area contributed by atoms with E-state index >= 15 is 0 Å². The summed E-state index contributed by atoms with van der Waals surface area (Å²) in [6.45, 7) is 2.15. The summed E-state index contributed by atoms with van der Waals surface area (Å²) in [5.41, 5.74) is 8.71. The molecule has 3 nitrogen and oxygen atoms in total. The van der Waals surface area contributed by atoms with Gasteiger partial charge in [0, 0.05) is 11.7 Å². The molecule has 0 aliphatic rings. The zero-order valence-electron chi connectivity index (χ0n) is 13.8. The Morgan fingerprint density at radius 3 is 2.35 bits per heavy atom. The number of carbonyl (C=O) groups excluding carboxylic acids is 1. The van der Waals surface area contributed by atoms with Gasteiger partial charge in [0.2, 0.25) is 5.91 Å². The van der Waals surface area contributed by atoms with Crippen molar-refractivity contribution in [3.63, 3.8) is 0 Å². The second kappa shape index (κ2) is 8.99. The van der Waals surface area contributed by atoms with Crippen LogP contribution in [-0.2, 0) is 17.6 Å². The lowest BCUT2D eigenvalue weighted by molar-refractivity contribution is -0.121. The minimum absolute atomic E-state index is 0.0845. The number of aryl methyl sites for hydroxylation is 1. The quantitative estimate of drug-likeness (QED) is 0.730. The molecule has 0 saturated carbocycles. The van der Waals surface area contributed by atoms with Crippen LogP contribution in [0.3, 0.4) is 0 Å². The lowest BCUT2D eigenvalue weighted by atomic mass is 10.0. The van der Waals surface area contributed by atoms with Gasteiger partial charge in [0.05, 0.1) is 6.42 Å². The van der Waals surface area contributed by atoms with Crippen LogP contribution in [0.5, 0.6) is 0 Å². The van der Waals surface area contributed by atoms with Crippen molar-refractivity contribution in [1.29, 1.82) is 0 Å². The smallest absolute Gasteiger partial charge is 0.224 e. The lowest BCUT2D eigenvalue weighted by Crippen LogP contribution is -2.36. The molecular weight excluding hydrogens is 284 g/mol. The summed E-state index contributed by atoms with van der Waals surface area (Å²) < 4.78 is 0. The summed E-state index contributed by atoms with van der Waals surface area (Å²) in [5, 5.41) is 3.18. The second-order valence-electron chi connectivity index (χ2n) is 6.00. The molecule has 2 rings (SSSR count). The molecule has 1 atom stereocenters. The van der Waals surface area contributed by atoms with Crippen LogP contribution in [-0.4, -0.2) is 11.9 Å². The number of hydrogen-bond donors (Lipinski definition) is 2. The van der Waals surface area contributed by atoms with E-state index in [0.717, 1.165) is 36.9 Å². The van der Waals surface area contributed by atoms with E-state index in [1.54, 1.807) is 0 Å². The van der Waals surface area contributed by atoms with Crippen LogP contribution in [0.2, 0.25) is 0 Å². The predicted molar refractivity (Wildman–Crippen MR) is 96.2 cm³/mol. The zero-order chi connectivity index (χ0) is 16.5. The van der Waals surface area contributed by atoms with E-state index in [-0.39, 0.29) is 11.9 Å². The fourth-order valence-electron chi connectivity index (χ4n) is 2.72. The van der Waals surface area contributed by atoms with Crippen LogP contribution < -0.4 is 11.1 Å². The first-order chi connectivity index (χ1) is 11.2. The van der Waals surface area contributed by atoms with Gasteiger partial charge in [-0.15, -0.1) is 0 Å². The van der Waals surface area contributed by atoms with E-state index in [1.165, 1.54) is 5.56 Å². The topological polar surface area (TPSA) is 55.1 Å². The number of carbonyl (C=O) groups is 1. The molecule has 0 fully saturated rings. The molecule has 1 unspecified atom stereocenters. The Morgan fingerprint density at radius 1 is 1.00 bits per heavy atom. The van der Waals surface area contributed by atoms with E-state index in [0.29, 0.717) is 6.42 Å². The molecule has 0 aliphatic carbocycles. The Bertz CT molecular complexity index is 593. The van der Waals surface area contributed by atoms with E-state index in [4.69, 9.17) is 5.73 Å². The number of nitrogen functional groups attached to an aromatic ring is 1. The van der Waals surface area contributed by atoms with Crippen LogP contribution in [0, 0.1) is 0 Å². The fraction of sp³-hybridized carbons (Fsp3) is 0.350. The van der Waals surface area contributed by atoms with Crippen LogP contribution in [0.4, 0.5) is 5.69 Å². The molecule has 0 saturated heterocycles. The van der Waals surface area contributed by atoms with E-state index in [1.807, 2.05) is 30.3 Å². The lowest BCUT2D eigenvalue weighted by Gasteiger charge is -2.18. The average molecular weight is 310 g/mol. The van der Waals surface area contributed by atoms with Crippen molar-refractivity contribution in [2.45, 2.75) is 45.1 Å². The molecule has 0 spiro atoms. The highest BCUT2D eigenvalue weighted by molar-refractivity contribution is 5.79. The van der Waals surface area contributed by atoms with E-state index < -0.39 is 0 Å². The molecule has 23 heavy (non-hydrogen) atoms. The molecule has 3 heteroatoms. The first-order valence-corrected chi connectivity index (χ1v) is 8.35. The number of hydrogen-bond acceptors (Lipinski definition) is 2. The molecule has 0 radical (unpaired) electrons. The third-order valence-corrected chi connectivity index (χ3v) is 3.97. The number of rotatable bonds is 8. The average Bonchev–Trinajstić information content (AvgIpc) is 2.56. The standard InChI is InChI=1S/C20H26N2O/c1-2-6-19(14-11-16-7-4-3-5-8-16)22-20(23)15-17-9-12-18(21)13-10-17/h3-5,7-10,12-13,19H,2,6,11,14-15,21H2,1H3,(H,22,23). The van der Waals surface area contributed by atoms with Crippen LogP contribution in [0.25, 0.3) is 0 Å². The van der Waals surface area contributed by atoms with Crippen LogP contribution in [0.1, 0.15) is 37.3 Å². The molecule has 0 aliphatic heterocycles. The van der Waals surface area contributed by atoms with Gasteiger partial charge in [-0.3, -0.25) is 4.79 Å². The number of amides is 1. The Kier molecular flexibility index (Phi) is 6.67.